The zero-order valence-electron chi connectivity index (χ0n) is 73.5. The van der Waals surface area contributed by atoms with Gasteiger partial charge in [-0.15, -0.1) is 0 Å². The summed E-state index contributed by atoms with van der Waals surface area (Å²) >= 11 is 6.01. The number of halogens is 5. The lowest BCUT2D eigenvalue weighted by Crippen LogP contribution is -2.45. The summed E-state index contributed by atoms with van der Waals surface area (Å²) in [6.07, 6.45) is -2.28. The second-order valence-corrected chi connectivity index (χ2v) is 37.1. The Balaban J connectivity index is 0.000000144. The Morgan fingerprint density at radius 3 is 1.79 bits per heavy atom. The molecule has 17 rings (SSSR count). The zero-order valence-corrected chi connectivity index (χ0v) is 75.1. The number of esters is 1. The fourth-order valence-corrected chi connectivity index (χ4v) is 16.3. The van der Waals surface area contributed by atoms with E-state index in [0.29, 0.717) is 49.1 Å². The number of nitrogen functional groups attached to an aromatic ring is 5. The third-order valence-electron chi connectivity index (χ3n) is 21.1. The molecule has 724 valence electrons. The summed E-state index contributed by atoms with van der Waals surface area (Å²) in [6.45, 7) is 11.5. The topological polar surface area (TPSA) is 669 Å². The van der Waals surface area contributed by atoms with Crippen molar-refractivity contribution in [2.75, 3.05) is 80.7 Å². The highest BCUT2D eigenvalue weighted by atomic mass is 35.7. The van der Waals surface area contributed by atoms with Crippen molar-refractivity contribution in [3.05, 3.63) is 125 Å². The number of benzene rings is 2. The predicted molar refractivity (Wildman–Crippen MR) is 464 cm³/mol. The first kappa shape index (κ1) is 101. The number of carbonyl (C=O) groups is 2. The van der Waals surface area contributed by atoms with Crippen LogP contribution >= 0.6 is 18.1 Å². The molecule has 53 heteroatoms. The Morgan fingerprint density at radius 2 is 1.20 bits per heavy atom. The van der Waals surface area contributed by atoms with Gasteiger partial charge in [0.1, 0.15) is 89.2 Å². The smallest absolute Gasteiger partial charge is 0.479 e. The largest absolute Gasteiger partial charge is 0.509 e. The number of rotatable bonds is 20. The van der Waals surface area contributed by atoms with Crippen LogP contribution in [0.15, 0.2) is 114 Å². The molecule has 13 heterocycles. The van der Waals surface area contributed by atoms with E-state index in [-0.39, 0.29) is 78.8 Å². The molecule has 6 fully saturated rings. The van der Waals surface area contributed by atoms with E-state index in [1.54, 1.807) is 29.4 Å². The number of nitrogens with zero attached hydrogens (tertiary/aromatic N) is 16. The van der Waals surface area contributed by atoms with Crippen LogP contribution < -0.4 is 59.7 Å². The van der Waals surface area contributed by atoms with Crippen molar-refractivity contribution in [3.63, 3.8) is 0 Å². The maximum absolute atomic E-state index is 14.7. The van der Waals surface area contributed by atoms with Crippen LogP contribution in [0.2, 0.25) is 0 Å². The number of allylic oxidation sites excluding steroid dienone is 1. The summed E-state index contributed by atoms with van der Waals surface area (Å²) in [4.78, 5) is 91.2. The van der Waals surface area contributed by atoms with Crippen molar-refractivity contribution in [1.29, 1.82) is 0 Å². The number of aromatic nitrogens is 16. The highest BCUT2D eigenvalue weighted by molar-refractivity contribution is 7.84. The minimum absolute atomic E-state index is 0.0250. The van der Waals surface area contributed by atoms with E-state index in [0.717, 1.165) is 71.5 Å². The van der Waals surface area contributed by atoms with Crippen molar-refractivity contribution < 1.29 is 124 Å². The molecule has 17 unspecified atom stereocenters. The van der Waals surface area contributed by atoms with Crippen LogP contribution in [0.3, 0.4) is 0 Å². The van der Waals surface area contributed by atoms with Gasteiger partial charge in [0.15, 0.2) is 64.0 Å². The van der Waals surface area contributed by atoms with Crippen molar-refractivity contribution in [2.45, 2.75) is 215 Å². The van der Waals surface area contributed by atoms with Gasteiger partial charge >= 0.3 is 42.2 Å². The fourth-order valence-electron chi connectivity index (χ4n) is 14.6. The van der Waals surface area contributed by atoms with Crippen LogP contribution in [0.5, 0.6) is 11.6 Å². The summed E-state index contributed by atoms with van der Waals surface area (Å²) in [5.74, 6) is -7.02. The van der Waals surface area contributed by atoms with E-state index in [9.17, 15) is 77.1 Å². The third kappa shape index (κ3) is 23.0. The monoisotopic (exact) mass is 1910 g/mol. The molecule has 5 aliphatic heterocycles. The van der Waals surface area contributed by atoms with E-state index >= 15 is 0 Å². The number of carbonyl (C=O) groups excluding carboxylic acids is 2. The molecular weight excluding hydrogens is 1810 g/mol. The molecule has 0 spiro atoms. The van der Waals surface area contributed by atoms with Crippen LogP contribution in [-0.4, -0.2) is 273 Å². The number of hydrogen-bond donors (Lipinski definition) is 15. The van der Waals surface area contributed by atoms with Crippen LogP contribution in [0.4, 0.5) is 57.5 Å². The fraction of sp³-hybridized carbons (Fsp3) is 0.537. The number of aliphatic hydroxyl groups excluding tert-OH is 7. The molecule has 5 saturated heterocycles. The Bertz CT molecular complexity index is 5980. The maximum atomic E-state index is 14.7. The van der Waals surface area contributed by atoms with Gasteiger partial charge in [-0.2, -0.15) is 47.5 Å². The van der Waals surface area contributed by atoms with Crippen LogP contribution in [0.25, 0.3) is 44.3 Å². The van der Waals surface area contributed by atoms with Crippen LogP contribution in [0.1, 0.15) is 119 Å². The van der Waals surface area contributed by atoms with E-state index in [1.165, 1.54) is 59.0 Å². The minimum atomic E-state index is -3.83. The number of anilines is 6. The number of ether oxygens (including phenoxy) is 10. The number of nitrogens with one attached hydrogen (secondary N) is 2. The minimum Gasteiger partial charge on any atom is -0.479 e. The summed E-state index contributed by atoms with van der Waals surface area (Å²) in [7, 11) is 1.42. The van der Waals surface area contributed by atoms with Gasteiger partial charge < -0.3 is 131 Å². The number of imidazole rings is 3. The number of nitrogens with two attached hydrogens (primary N) is 5. The molecule has 7 aliphatic rings. The van der Waals surface area contributed by atoms with E-state index in [4.69, 9.17) is 92.2 Å². The van der Waals surface area contributed by atoms with Crippen molar-refractivity contribution in [2.24, 2.45) is 11.3 Å². The summed E-state index contributed by atoms with van der Waals surface area (Å²) in [5, 5.41) is 83.6. The molecule has 20 N–H and O–H groups in total. The molecule has 2 aliphatic carbocycles. The van der Waals surface area contributed by atoms with Crippen molar-refractivity contribution in [1.82, 2.24) is 82.7 Å². The van der Waals surface area contributed by atoms with Crippen LogP contribution in [0, 0.1) is 11.3 Å². The number of aliphatic hydroxyl groups is 8. The Morgan fingerprint density at radius 1 is 0.639 bits per heavy atom. The molecule has 2 aromatic carbocycles. The summed E-state index contributed by atoms with van der Waals surface area (Å²) in [5.41, 5.74) is 26.2. The first-order valence-electron chi connectivity index (χ1n) is 41.3. The average molecular weight is 1920 g/mol. The maximum Gasteiger partial charge on any atom is 0.509 e. The van der Waals surface area contributed by atoms with E-state index < -0.39 is 153 Å². The quantitative estimate of drug-likeness (QED) is 0.0223. The lowest BCUT2D eigenvalue weighted by molar-refractivity contribution is -0.199. The SMILES string of the molecule is CC(C)(C)OC(=O)OC1C(CO)OC(n2ccc(N)nc2=O)C1(F)F.CC1(C)OC2C(CO)OC(n3cnc4c(N)ncnc43)C2O1.COc1nc(N)nc2c1ncn2C1OC(CO)C(O)C1(C)O.C[C@H](NP(=O)(Cl)Oc1cccc2ccccc12)C(=O)OCC(C)(C)C.Nc1ccn(C2OC(CO)C(O)C2(F)F)c(=O)n1.Nc1nc(NC2CC2)c2ncn(C3C=CC(CO)C3)c2n1. The first-order chi connectivity index (χ1) is 62.5. The standard InChI is InChI=1S/C18H23ClNO4P.C14H19F2N3O6.C14H18N6O.C13H17N5O4.C12H17N5O5.C9H11F2N3O4/c1-13(17(21)23-12-18(2,3)4)20-25(19,22)24-16-11-7-9-14-8-5-6-10-15(14)16;1-13(2,3)25-12(22)24-9-7(6-20)23-10(14(9,15)16)19-5-4-8(17)18-11(19)21;15-14-18-12(17-9-2-3-9)11-13(19-14)20(7-16-11)10-4-1-8(5-10)6-21;1-13(2)21-8-6(3-19)20-12(9(8)22-13)18-5-17-7-10(14)15-4-16-11(7)18;1-12(20)7(19)5(3-18)22-10(12)17-4-14-6-8(17)15-11(13)16-9(6)21-2;10-9(11)6(16)4(3-15)18-7(9)14-2-1-5(12)13-8(14)17/h5-11,13H,12H2,1-4H3,(H,20,22);4-5,7,9-10,20H,6H2,1-3H3,(H2,17,18,21);1,4,7-10,21H,2-3,5-6H2,(H3,15,17,18,19);4-6,8-9,12,19H,3H2,1-2H3,(H2,14,15,16);4-5,7,10,18-20H,3H2,1-2H3,(H2,13,15,16);1-2,4,6-7,15-16H,3H2,(H2,12,13,17)/t13-,25?;;;;;/m0...../s1. The van der Waals surface area contributed by atoms with Crippen LogP contribution in [-0.2, 0) is 52.0 Å². The van der Waals surface area contributed by atoms with Gasteiger partial charge in [0.25, 0.3) is 0 Å². The second-order valence-electron chi connectivity index (χ2n) is 34.4. The number of fused-ring (bicyclic) bond motifs is 5. The molecule has 18 atom stereocenters. The van der Waals surface area contributed by atoms with Gasteiger partial charge in [0.2, 0.25) is 36.3 Å². The summed E-state index contributed by atoms with van der Waals surface area (Å²) in [6, 6.07) is 15.0. The van der Waals surface area contributed by atoms with Gasteiger partial charge in [-0.05, 0) is 96.7 Å². The Hall–Kier alpha value is -11.4. The van der Waals surface area contributed by atoms with Gasteiger partial charge in [-0.25, -0.2) is 49.0 Å². The van der Waals surface area contributed by atoms with Crippen molar-refractivity contribution >= 4 is 110 Å². The molecule has 133 heavy (non-hydrogen) atoms. The first-order valence-corrected chi connectivity index (χ1v) is 43.9. The molecular formula is C80H105ClF4N23O24P. The predicted octanol–water partition coefficient (Wildman–Crippen LogP) is 3.84. The molecule has 8 aromatic heterocycles. The number of hydrogen-bond acceptors (Lipinski definition) is 41. The molecule has 1 saturated carbocycles. The Kier molecular flexibility index (Phi) is 30.6. The molecule has 0 bridgehead atoms. The second kappa shape index (κ2) is 40.4. The van der Waals surface area contributed by atoms with Gasteiger partial charge in [-0.3, -0.25) is 23.1 Å². The zero-order chi connectivity index (χ0) is 97.1. The normalized spacial score (nSPS) is 26.5. The number of methoxy groups -OCH3 is 1. The van der Waals surface area contributed by atoms with Gasteiger partial charge in [-0.1, -0.05) is 69.3 Å². The third-order valence-corrected chi connectivity index (χ3v) is 22.7. The van der Waals surface area contributed by atoms with Gasteiger partial charge in [0.05, 0.1) is 65.2 Å². The van der Waals surface area contributed by atoms with Crippen molar-refractivity contribution in [3.8, 4) is 11.6 Å². The highest BCUT2D eigenvalue weighted by Gasteiger charge is 2.64. The van der Waals surface area contributed by atoms with E-state index in [1.807, 2.05) is 75.6 Å². The number of alkyl halides is 4. The van der Waals surface area contributed by atoms with E-state index in [2.05, 4.69) is 76.0 Å². The average Bonchev–Trinajstić information content (AvgIpc) is 1.60. The molecule has 47 nitrogen and oxygen atoms in total. The lowest BCUT2D eigenvalue weighted by Gasteiger charge is -2.27. The molecule has 10 aromatic rings. The highest BCUT2D eigenvalue weighted by Crippen LogP contribution is 2.51. The van der Waals surface area contributed by atoms with Gasteiger partial charge in [0, 0.05) is 47.6 Å². The lowest BCUT2D eigenvalue weighted by atomic mass is 9.96. The Labute approximate surface area is 758 Å². The molecule has 0 radical (unpaired) electrons. The molecule has 0 amide bonds. The summed E-state index contributed by atoms with van der Waals surface area (Å²) < 4.78 is 134.